The molecular formula is C22H35N3O5S. The Bertz CT molecular complexity index is 854. The molecule has 174 valence electrons. The molecule has 1 saturated heterocycles. The molecule has 0 aliphatic carbocycles. The van der Waals surface area contributed by atoms with E-state index in [9.17, 15) is 18.0 Å². The number of amides is 2. The lowest BCUT2D eigenvalue weighted by Gasteiger charge is -2.33. The predicted octanol–water partition coefficient (Wildman–Crippen LogP) is 2.15. The molecule has 8 nitrogen and oxygen atoms in total. The second-order valence-electron chi connectivity index (χ2n) is 8.41. The van der Waals surface area contributed by atoms with Gasteiger partial charge in [0.05, 0.1) is 17.9 Å². The molecule has 0 bridgehead atoms. The molecule has 2 N–H and O–H groups in total. The van der Waals surface area contributed by atoms with Gasteiger partial charge in [0.2, 0.25) is 21.8 Å². The van der Waals surface area contributed by atoms with Crippen LogP contribution in [0.15, 0.2) is 29.2 Å². The summed E-state index contributed by atoms with van der Waals surface area (Å²) in [5, 5.41) is 5.74. The topological polar surface area (TPSA) is 105 Å². The van der Waals surface area contributed by atoms with Crippen LogP contribution in [-0.4, -0.2) is 56.8 Å². The van der Waals surface area contributed by atoms with Gasteiger partial charge in [-0.2, -0.15) is 4.31 Å². The summed E-state index contributed by atoms with van der Waals surface area (Å²) in [7, 11) is -2.20. The van der Waals surface area contributed by atoms with Gasteiger partial charge in [0, 0.05) is 19.1 Å². The Labute approximate surface area is 185 Å². The fraction of sp³-hybridized carbons (Fsp3) is 0.636. The summed E-state index contributed by atoms with van der Waals surface area (Å²) in [5.41, 5.74) is 0. The number of hydrogen-bond donors (Lipinski definition) is 2. The van der Waals surface area contributed by atoms with E-state index < -0.39 is 22.0 Å². The van der Waals surface area contributed by atoms with Gasteiger partial charge in [-0.05, 0) is 56.9 Å². The number of methoxy groups -OCH3 is 1. The van der Waals surface area contributed by atoms with Crippen molar-refractivity contribution in [3.63, 3.8) is 0 Å². The van der Waals surface area contributed by atoms with Crippen LogP contribution in [0.5, 0.6) is 5.75 Å². The number of nitrogens with zero attached hydrogens (tertiary/aromatic N) is 1. The van der Waals surface area contributed by atoms with Crippen LogP contribution in [0.1, 0.15) is 47.0 Å². The Hall–Kier alpha value is -2.13. The molecule has 0 radical (unpaired) electrons. The minimum absolute atomic E-state index is 0.0317. The van der Waals surface area contributed by atoms with Crippen LogP contribution >= 0.6 is 0 Å². The van der Waals surface area contributed by atoms with E-state index in [0.717, 1.165) is 6.42 Å². The number of piperidine rings is 1. The van der Waals surface area contributed by atoms with Gasteiger partial charge >= 0.3 is 0 Å². The van der Waals surface area contributed by atoms with Crippen LogP contribution in [0.2, 0.25) is 0 Å². The van der Waals surface area contributed by atoms with E-state index in [0.29, 0.717) is 25.1 Å². The molecule has 31 heavy (non-hydrogen) atoms. The number of ether oxygens (including phenoxy) is 1. The third kappa shape index (κ3) is 6.43. The Morgan fingerprint density at radius 1 is 1.16 bits per heavy atom. The minimum atomic E-state index is -3.72. The van der Waals surface area contributed by atoms with Crippen molar-refractivity contribution in [2.45, 2.75) is 63.9 Å². The van der Waals surface area contributed by atoms with Gasteiger partial charge in [-0.1, -0.05) is 20.3 Å². The van der Waals surface area contributed by atoms with E-state index in [4.69, 9.17) is 4.74 Å². The van der Waals surface area contributed by atoms with Gasteiger partial charge in [-0.15, -0.1) is 0 Å². The molecule has 1 heterocycles. The quantitative estimate of drug-likeness (QED) is 0.596. The standard InChI is InChI=1S/C22H35N3O5S/c1-6-16(4)20(22(27)23-15(2)3)24-21(26)17-8-7-13-25(14-17)31(28,29)19-11-9-18(30-5)10-12-19/h9-12,15-17,20H,6-8,13-14H2,1-5H3,(H,23,27)(H,24,26)/t16-,17+,20-/m0/s1. The van der Waals surface area contributed by atoms with E-state index in [2.05, 4.69) is 10.6 Å². The Balaban J connectivity index is 2.12. The molecule has 0 spiro atoms. The zero-order valence-electron chi connectivity index (χ0n) is 19.1. The first kappa shape index (κ1) is 25.1. The van der Waals surface area contributed by atoms with Gasteiger partial charge in [0.25, 0.3) is 0 Å². The number of nitrogens with one attached hydrogen (secondary N) is 2. The second-order valence-corrected chi connectivity index (χ2v) is 10.4. The van der Waals surface area contributed by atoms with E-state index in [1.807, 2.05) is 27.7 Å². The first-order valence-electron chi connectivity index (χ1n) is 10.8. The molecule has 2 rings (SSSR count). The van der Waals surface area contributed by atoms with E-state index in [1.54, 1.807) is 12.1 Å². The van der Waals surface area contributed by atoms with Crippen LogP contribution in [0, 0.1) is 11.8 Å². The fourth-order valence-corrected chi connectivity index (χ4v) is 5.14. The molecule has 0 aromatic heterocycles. The third-order valence-electron chi connectivity index (χ3n) is 5.68. The van der Waals surface area contributed by atoms with Crippen molar-refractivity contribution in [1.29, 1.82) is 0 Å². The molecule has 3 atom stereocenters. The molecule has 1 aliphatic rings. The summed E-state index contributed by atoms with van der Waals surface area (Å²) >= 11 is 0. The summed E-state index contributed by atoms with van der Waals surface area (Å²) in [4.78, 5) is 25.7. The van der Waals surface area contributed by atoms with E-state index in [-0.39, 0.29) is 35.2 Å². The maximum atomic E-state index is 13.1. The lowest BCUT2D eigenvalue weighted by molar-refractivity contribution is -0.133. The number of rotatable bonds is 9. The summed E-state index contributed by atoms with van der Waals surface area (Å²) in [6, 6.07) is 5.54. The van der Waals surface area contributed by atoms with Crippen molar-refractivity contribution in [3.05, 3.63) is 24.3 Å². The second kappa shape index (κ2) is 10.9. The van der Waals surface area contributed by atoms with Gasteiger partial charge in [0.1, 0.15) is 11.8 Å². The van der Waals surface area contributed by atoms with Gasteiger partial charge in [-0.3, -0.25) is 9.59 Å². The van der Waals surface area contributed by atoms with Gasteiger partial charge < -0.3 is 15.4 Å². The van der Waals surface area contributed by atoms with Crippen molar-refractivity contribution >= 4 is 21.8 Å². The first-order chi connectivity index (χ1) is 14.6. The zero-order valence-corrected chi connectivity index (χ0v) is 19.9. The van der Waals surface area contributed by atoms with E-state index in [1.165, 1.54) is 23.5 Å². The van der Waals surface area contributed by atoms with Crippen molar-refractivity contribution in [1.82, 2.24) is 14.9 Å². The monoisotopic (exact) mass is 453 g/mol. The van der Waals surface area contributed by atoms with Crippen LogP contribution in [0.25, 0.3) is 0 Å². The highest BCUT2D eigenvalue weighted by Crippen LogP contribution is 2.25. The number of benzene rings is 1. The van der Waals surface area contributed by atoms with Crippen molar-refractivity contribution < 1.29 is 22.7 Å². The Morgan fingerprint density at radius 3 is 2.35 bits per heavy atom. The first-order valence-corrected chi connectivity index (χ1v) is 12.3. The van der Waals surface area contributed by atoms with Crippen molar-refractivity contribution in [2.75, 3.05) is 20.2 Å². The van der Waals surface area contributed by atoms with Crippen LogP contribution in [-0.2, 0) is 19.6 Å². The largest absolute Gasteiger partial charge is 0.497 e. The highest BCUT2D eigenvalue weighted by atomic mass is 32.2. The van der Waals surface area contributed by atoms with Crippen LogP contribution in [0.3, 0.4) is 0 Å². The number of sulfonamides is 1. The molecule has 0 unspecified atom stereocenters. The van der Waals surface area contributed by atoms with Crippen LogP contribution in [0.4, 0.5) is 0 Å². The highest BCUT2D eigenvalue weighted by molar-refractivity contribution is 7.89. The molecule has 0 saturated carbocycles. The summed E-state index contributed by atoms with van der Waals surface area (Å²) in [6.45, 7) is 8.09. The SMILES string of the molecule is CC[C@H](C)[C@H](NC(=O)[C@@H]1CCCN(S(=O)(=O)c2ccc(OC)cc2)C1)C(=O)NC(C)C. The lowest BCUT2D eigenvalue weighted by Crippen LogP contribution is -2.54. The summed E-state index contributed by atoms with van der Waals surface area (Å²) < 4.78 is 32.5. The molecule has 9 heteroatoms. The van der Waals surface area contributed by atoms with Crippen LogP contribution < -0.4 is 15.4 Å². The maximum Gasteiger partial charge on any atom is 0.243 e. The van der Waals surface area contributed by atoms with Gasteiger partial charge in [-0.25, -0.2) is 8.42 Å². The molecule has 1 aromatic carbocycles. The smallest absolute Gasteiger partial charge is 0.243 e. The summed E-state index contributed by atoms with van der Waals surface area (Å²) in [5.74, 6) is -0.453. The number of hydrogen-bond acceptors (Lipinski definition) is 5. The van der Waals surface area contributed by atoms with E-state index >= 15 is 0 Å². The lowest BCUT2D eigenvalue weighted by atomic mass is 9.94. The zero-order chi connectivity index (χ0) is 23.2. The van der Waals surface area contributed by atoms with Crippen molar-refractivity contribution in [2.24, 2.45) is 11.8 Å². The highest BCUT2D eigenvalue weighted by Gasteiger charge is 2.35. The molecular weight excluding hydrogens is 418 g/mol. The molecule has 1 aromatic rings. The predicted molar refractivity (Wildman–Crippen MR) is 119 cm³/mol. The molecule has 1 aliphatic heterocycles. The number of carbonyl (C=O) groups is 2. The average molecular weight is 454 g/mol. The average Bonchev–Trinajstić information content (AvgIpc) is 2.76. The summed E-state index contributed by atoms with van der Waals surface area (Å²) in [6.07, 6.45) is 1.90. The third-order valence-corrected chi connectivity index (χ3v) is 7.56. The molecule has 2 amide bonds. The fourth-order valence-electron chi connectivity index (χ4n) is 3.62. The maximum absolute atomic E-state index is 13.1. The Kier molecular flexibility index (Phi) is 8.88. The Morgan fingerprint density at radius 2 is 1.81 bits per heavy atom. The molecule has 1 fully saturated rings. The normalized spacial score (nSPS) is 19.5. The van der Waals surface area contributed by atoms with Crippen molar-refractivity contribution in [3.8, 4) is 5.75 Å². The minimum Gasteiger partial charge on any atom is -0.497 e. The number of carbonyl (C=O) groups excluding carboxylic acids is 2. The van der Waals surface area contributed by atoms with Gasteiger partial charge in [0.15, 0.2) is 0 Å².